The predicted octanol–water partition coefficient (Wildman–Crippen LogP) is 2.83. The highest BCUT2D eigenvalue weighted by Crippen LogP contribution is 2.29. The van der Waals surface area contributed by atoms with Gasteiger partial charge in [-0.15, -0.1) is 0 Å². The van der Waals surface area contributed by atoms with Gasteiger partial charge in [0.15, 0.2) is 11.0 Å². The zero-order chi connectivity index (χ0) is 18.8. The van der Waals surface area contributed by atoms with Crippen LogP contribution in [0.1, 0.15) is 31.5 Å². The molecule has 1 fully saturated rings. The molecular weight excluding hydrogens is 364 g/mol. The van der Waals surface area contributed by atoms with Crippen molar-refractivity contribution in [3.8, 4) is 0 Å². The number of nitrogens with one attached hydrogen (secondary N) is 1. The molecule has 0 atom stereocenters. The van der Waals surface area contributed by atoms with Gasteiger partial charge in [-0.3, -0.25) is 0 Å². The second-order valence-corrected chi connectivity index (χ2v) is 7.81. The summed E-state index contributed by atoms with van der Waals surface area (Å²) in [5.41, 5.74) is 1.03. The number of anilines is 1. The highest BCUT2D eigenvalue weighted by Gasteiger charge is 2.23. The fourth-order valence-electron chi connectivity index (χ4n) is 2.93. The molecule has 9 heteroatoms. The number of carbonyl (C=O) groups is 1. The maximum atomic E-state index is 12.4. The number of urea groups is 1. The lowest BCUT2D eigenvalue weighted by atomic mass is 10.2. The number of hydrogen-bond acceptors (Lipinski definition) is 7. The van der Waals surface area contributed by atoms with Crippen molar-refractivity contribution in [1.82, 2.24) is 25.3 Å². The summed E-state index contributed by atoms with van der Waals surface area (Å²) in [6.45, 7) is 7.09. The summed E-state index contributed by atoms with van der Waals surface area (Å²) >= 11 is 1.69. The Bertz CT molecular complexity index is 896. The molecule has 1 aliphatic rings. The van der Waals surface area contributed by atoms with Gasteiger partial charge in [-0.05, 0) is 12.1 Å². The van der Waals surface area contributed by atoms with Crippen LogP contribution < -0.4 is 10.2 Å². The first-order valence-corrected chi connectivity index (χ1v) is 9.87. The predicted molar refractivity (Wildman–Crippen MR) is 104 cm³/mol. The fourth-order valence-corrected chi connectivity index (χ4v) is 3.95. The molecule has 1 N–H and O–H groups in total. The minimum absolute atomic E-state index is 0.108. The number of benzene rings is 1. The number of amides is 2. The van der Waals surface area contributed by atoms with Gasteiger partial charge in [-0.2, -0.15) is 4.98 Å². The second kappa shape index (κ2) is 7.51. The lowest BCUT2D eigenvalue weighted by molar-refractivity contribution is 0.192. The van der Waals surface area contributed by atoms with E-state index in [0.29, 0.717) is 24.8 Å². The van der Waals surface area contributed by atoms with Crippen LogP contribution in [0.3, 0.4) is 0 Å². The first kappa shape index (κ1) is 17.7. The average molecular weight is 386 g/mol. The average Bonchev–Trinajstić information content (AvgIpc) is 3.33. The van der Waals surface area contributed by atoms with E-state index in [4.69, 9.17) is 9.51 Å². The summed E-state index contributed by atoms with van der Waals surface area (Å²) in [5, 5.41) is 7.78. The molecule has 2 aromatic heterocycles. The molecule has 2 amide bonds. The summed E-state index contributed by atoms with van der Waals surface area (Å²) in [6.07, 6.45) is 0. The minimum Gasteiger partial charge on any atom is -0.345 e. The van der Waals surface area contributed by atoms with E-state index >= 15 is 0 Å². The highest BCUT2D eigenvalue weighted by atomic mass is 32.1. The number of nitrogens with zero attached hydrogens (tertiary/aromatic N) is 5. The minimum atomic E-state index is -0.108. The normalized spacial score (nSPS) is 14.9. The van der Waals surface area contributed by atoms with Crippen LogP contribution in [0.2, 0.25) is 0 Å². The van der Waals surface area contributed by atoms with Gasteiger partial charge in [0.1, 0.15) is 0 Å². The molecule has 1 aliphatic heterocycles. The van der Waals surface area contributed by atoms with Gasteiger partial charge < -0.3 is 19.6 Å². The smallest absolute Gasteiger partial charge is 0.317 e. The van der Waals surface area contributed by atoms with E-state index in [-0.39, 0.29) is 18.5 Å². The number of aromatic nitrogens is 3. The summed E-state index contributed by atoms with van der Waals surface area (Å²) in [4.78, 5) is 25.4. The molecule has 1 saturated heterocycles. The second-order valence-electron chi connectivity index (χ2n) is 6.80. The van der Waals surface area contributed by atoms with Gasteiger partial charge in [0.25, 0.3) is 0 Å². The van der Waals surface area contributed by atoms with Gasteiger partial charge >= 0.3 is 6.03 Å². The molecule has 3 aromatic rings. The summed E-state index contributed by atoms with van der Waals surface area (Å²) in [6, 6.07) is 8.04. The molecular formula is C18H22N6O2S. The Hall–Kier alpha value is -2.68. The van der Waals surface area contributed by atoms with E-state index in [1.807, 2.05) is 36.9 Å². The number of para-hydroxylation sites is 1. The number of thiazole rings is 1. The Morgan fingerprint density at radius 1 is 1.22 bits per heavy atom. The van der Waals surface area contributed by atoms with Crippen LogP contribution in [0.15, 0.2) is 28.8 Å². The van der Waals surface area contributed by atoms with Gasteiger partial charge in [0, 0.05) is 32.1 Å². The molecule has 4 rings (SSSR count). The summed E-state index contributed by atoms with van der Waals surface area (Å²) in [5.74, 6) is 1.29. The monoisotopic (exact) mass is 386 g/mol. The van der Waals surface area contributed by atoms with Gasteiger partial charge in [0.2, 0.25) is 5.89 Å². The number of piperazine rings is 1. The lowest BCUT2D eigenvalue weighted by Gasteiger charge is -2.34. The van der Waals surface area contributed by atoms with Gasteiger partial charge in [-0.1, -0.05) is 42.5 Å². The molecule has 1 aromatic carbocycles. The largest absolute Gasteiger partial charge is 0.345 e. The van der Waals surface area contributed by atoms with Crippen LogP contribution in [0.5, 0.6) is 0 Å². The molecule has 0 spiro atoms. The van der Waals surface area contributed by atoms with E-state index in [2.05, 4.69) is 26.4 Å². The molecule has 0 bridgehead atoms. The topological polar surface area (TPSA) is 87.4 Å². The first-order valence-electron chi connectivity index (χ1n) is 9.06. The molecule has 8 nitrogen and oxygen atoms in total. The van der Waals surface area contributed by atoms with Crippen LogP contribution in [-0.2, 0) is 6.54 Å². The van der Waals surface area contributed by atoms with Crippen molar-refractivity contribution in [1.29, 1.82) is 0 Å². The van der Waals surface area contributed by atoms with Crippen molar-refractivity contribution >= 4 is 32.7 Å². The molecule has 142 valence electrons. The fraction of sp³-hybridized carbons (Fsp3) is 0.444. The van der Waals surface area contributed by atoms with Crippen LogP contribution in [-0.4, -0.2) is 52.2 Å². The Balaban J connectivity index is 1.29. The Labute approximate surface area is 161 Å². The van der Waals surface area contributed by atoms with E-state index in [0.717, 1.165) is 23.7 Å². The third kappa shape index (κ3) is 3.87. The maximum Gasteiger partial charge on any atom is 0.317 e. The van der Waals surface area contributed by atoms with E-state index in [9.17, 15) is 4.79 Å². The number of fused-ring (bicyclic) bond motifs is 1. The Morgan fingerprint density at radius 3 is 2.70 bits per heavy atom. The third-order valence-electron chi connectivity index (χ3n) is 4.51. The van der Waals surface area contributed by atoms with Crippen LogP contribution in [0, 0.1) is 0 Å². The quantitative estimate of drug-likeness (QED) is 0.742. The van der Waals surface area contributed by atoms with Crippen molar-refractivity contribution in [3.05, 3.63) is 36.0 Å². The third-order valence-corrected chi connectivity index (χ3v) is 5.61. The lowest BCUT2D eigenvalue weighted by Crippen LogP contribution is -2.51. The van der Waals surface area contributed by atoms with Crippen molar-refractivity contribution in [2.45, 2.75) is 26.3 Å². The SMILES string of the molecule is CC(C)c1noc(CNC(=O)N2CCN(c3nc4ccccc4s3)CC2)n1. The summed E-state index contributed by atoms with van der Waals surface area (Å²) < 4.78 is 6.35. The van der Waals surface area contributed by atoms with Crippen molar-refractivity contribution in [2.75, 3.05) is 31.1 Å². The standard InChI is InChI=1S/C18H22N6O2S/c1-12(2)16-21-15(26-22-16)11-19-17(25)23-7-9-24(10-8-23)18-20-13-5-3-4-6-14(13)27-18/h3-6,12H,7-11H2,1-2H3,(H,19,25). The Kier molecular flexibility index (Phi) is 4.93. The van der Waals surface area contributed by atoms with Crippen LogP contribution in [0.25, 0.3) is 10.2 Å². The molecule has 0 unspecified atom stereocenters. The number of carbonyl (C=O) groups excluding carboxylic acids is 1. The maximum absolute atomic E-state index is 12.4. The van der Waals surface area contributed by atoms with Crippen LogP contribution >= 0.6 is 11.3 Å². The van der Waals surface area contributed by atoms with E-state index in [1.165, 1.54) is 4.70 Å². The van der Waals surface area contributed by atoms with E-state index in [1.54, 1.807) is 11.3 Å². The van der Waals surface area contributed by atoms with Crippen LogP contribution in [0.4, 0.5) is 9.93 Å². The molecule has 0 saturated carbocycles. The van der Waals surface area contributed by atoms with Crippen molar-refractivity contribution in [2.24, 2.45) is 0 Å². The molecule has 27 heavy (non-hydrogen) atoms. The number of rotatable bonds is 4. The van der Waals surface area contributed by atoms with Gasteiger partial charge in [-0.25, -0.2) is 9.78 Å². The summed E-state index contributed by atoms with van der Waals surface area (Å²) in [7, 11) is 0. The van der Waals surface area contributed by atoms with Gasteiger partial charge in [0.05, 0.1) is 16.8 Å². The zero-order valence-corrected chi connectivity index (χ0v) is 16.2. The van der Waals surface area contributed by atoms with Crippen molar-refractivity contribution < 1.29 is 9.32 Å². The highest BCUT2D eigenvalue weighted by molar-refractivity contribution is 7.22. The Morgan fingerprint density at radius 2 is 2.00 bits per heavy atom. The first-order chi connectivity index (χ1) is 13.1. The van der Waals surface area contributed by atoms with E-state index < -0.39 is 0 Å². The molecule has 3 heterocycles. The number of hydrogen-bond donors (Lipinski definition) is 1. The zero-order valence-electron chi connectivity index (χ0n) is 15.4. The molecule has 0 radical (unpaired) electrons. The molecule has 0 aliphatic carbocycles. The van der Waals surface area contributed by atoms with Crippen molar-refractivity contribution in [3.63, 3.8) is 0 Å².